The Labute approximate surface area is 120 Å². The Morgan fingerprint density at radius 1 is 1.25 bits per heavy atom. The van der Waals surface area contributed by atoms with Crippen molar-refractivity contribution in [3.63, 3.8) is 0 Å². The second-order valence-corrected chi connectivity index (χ2v) is 5.77. The normalized spacial score (nSPS) is 11.7. The van der Waals surface area contributed by atoms with Gasteiger partial charge in [-0.05, 0) is 38.8 Å². The van der Waals surface area contributed by atoms with Crippen molar-refractivity contribution in [1.82, 2.24) is 4.57 Å². The fraction of sp³-hybridized carbons (Fsp3) is 0.353. The quantitative estimate of drug-likeness (QED) is 0.932. The number of hydrogen-bond acceptors (Lipinski definition) is 2. The molecule has 0 radical (unpaired) electrons. The first-order valence-electron chi connectivity index (χ1n) is 6.95. The average Bonchev–Trinajstić information content (AvgIpc) is 2.37. The lowest BCUT2D eigenvalue weighted by molar-refractivity contribution is 0.544. The van der Waals surface area contributed by atoms with E-state index in [0.29, 0.717) is 5.56 Å². The Kier molecular flexibility index (Phi) is 3.82. The molecule has 0 saturated carbocycles. The summed E-state index contributed by atoms with van der Waals surface area (Å²) in [5.41, 5.74) is 9.38. The van der Waals surface area contributed by atoms with Gasteiger partial charge >= 0.3 is 0 Å². The van der Waals surface area contributed by atoms with Gasteiger partial charge in [-0.1, -0.05) is 25.1 Å². The van der Waals surface area contributed by atoms with E-state index in [1.807, 2.05) is 39.1 Å². The van der Waals surface area contributed by atoms with E-state index < -0.39 is 5.54 Å². The molecule has 0 aliphatic heterocycles. The molecule has 20 heavy (non-hydrogen) atoms. The summed E-state index contributed by atoms with van der Waals surface area (Å²) in [7, 11) is 0. The summed E-state index contributed by atoms with van der Waals surface area (Å²) in [6, 6.07) is 9.90. The molecule has 0 saturated heterocycles. The Bertz CT molecular complexity index is 678. The summed E-state index contributed by atoms with van der Waals surface area (Å²) in [6.07, 6.45) is 2.83. The van der Waals surface area contributed by atoms with Crippen LogP contribution < -0.4 is 11.2 Å². The standard InChI is InChI=1S/C17H22N2O/c1-5-13-8-6-7-9-15(13)19-11-14(17(3,4)18)16(20)10-12(19)2/h6-11H,5,18H2,1-4H3. The summed E-state index contributed by atoms with van der Waals surface area (Å²) in [5, 5.41) is 0. The van der Waals surface area contributed by atoms with Gasteiger partial charge in [-0.25, -0.2) is 0 Å². The molecule has 0 spiro atoms. The average molecular weight is 270 g/mol. The van der Waals surface area contributed by atoms with Gasteiger partial charge in [-0.15, -0.1) is 0 Å². The van der Waals surface area contributed by atoms with Crippen LogP contribution in [-0.2, 0) is 12.0 Å². The maximum atomic E-state index is 12.1. The summed E-state index contributed by atoms with van der Waals surface area (Å²) in [4.78, 5) is 12.1. The van der Waals surface area contributed by atoms with Crippen LogP contribution >= 0.6 is 0 Å². The van der Waals surface area contributed by atoms with Crippen LogP contribution in [0.4, 0.5) is 0 Å². The van der Waals surface area contributed by atoms with Gasteiger partial charge in [0.2, 0.25) is 0 Å². The van der Waals surface area contributed by atoms with Crippen LogP contribution in [0.5, 0.6) is 0 Å². The van der Waals surface area contributed by atoms with Gasteiger partial charge in [0.05, 0.1) is 0 Å². The highest BCUT2D eigenvalue weighted by Gasteiger charge is 2.19. The molecule has 1 heterocycles. The van der Waals surface area contributed by atoms with Crippen LogP contribution in [0, 0.1) is 6.92 Å². The van der Waals surface area contributed by atoms with Gasteiger partial charge in [0.1, 0.15) is 0 Å². The second kappa shape index (κ2) is 5.25. The van der Waals surface area contributed by atoms with Gasteiger partial charge in [0.25, 0.3) is 0 Å². The fourth-order valence-electron chi connectivity index (χ4n) is 2.42. The molecular weight excluding hydrogens is 248 g/mol. The molecule has 0 aliphatic carbocycles. The molecule has 0 aliphatic rings. The number of aryl methyl sites for hydroxylation is 2. The maximum absolute atomic E-state index is 12.1. The lowest BCUT2D eigenvalue weighted by Gasteiger charge is -2.22. The first kappa shape index (κ1) is 14.5. The van der Waals surface area contributed by atoms with Gasteiger partial charge in [0.15, 0.2) is 5.43 Å². The highest BCUT2D eigenvalue weighted by atomic mass is 16.1. The molecular formula is C17H22N2O. The predicted molar refractivity (Wildman–Crippen MR) is 83.4 cm³/mol. The van der Waals surface area contributed by atoms with Crippen LogP contribution in [0.2, 0.25) is 0 Å². The number of benzene rings is 1. The zero-order valence-electron chi connectivity index (χ0n) is 12.6. The molecule has 0 amide bonds. The molecule has 1 aromatic carbocycles. The zero-order chi connectivity index (χ0) is 14.9. The van der Waals surface area contributed by atoms with E-state index in [9.17, 15) is 4.79 Å². The minimum Gasteiger partial charge on any atom is -0.322 e. The van der Waals surface area contributed by atoms with Gasteiger partial charge in [0, 0.05) is 34.7 Å². The molecule has 0 unspecified atom stereocenters. The highest BCUT2D eigenvalue weighted by Crippen LogP contribution is 2.20. The monoisotopic (exact) mass is 270 g/mol. The number of pyridine rings is 1. The van der Waals surface area contributed by atoms with E-state index in [4.69, 9.17) is 5.73 Å². The Morgan fingerprint density at radius 2 is 1.90 bits per heavy atom. The Hall–Kier alpha value is -1.87. The largest absolute Gasteiger partial charge is 0.322 e. The van der Waals surface area contributed by atoms with Gasteiger partial charge < -0.3 is 10.3 Å². The van der Waals surface area contributed by atoms with Crippen molar-refractivity contribution in [3.8, 4) is 5.69 Å². The number of rotatable bonds is 3. The van der Waals surface area contributed by atoms with Crippen molar-refractivity contribution in [2.75, 3.05) is 0 Å². The first-order valence-corrected chi connectivity index (χ1v) is 6.95. The Morgan fingerprint density at radius 3 is 2.50 bits per heavy atom. The van der Waals surface area contributed by atoms with Crippen molar-refractivity contribution < 1.29 is 0 Å². The van der Waals surface area contributed by atoms with Crippen molar-refractivity contribution in [2.45, 2.75) is 39.7 Å². The van der Waals surface area contributed by atoms with E-state index in [2.05, 4.69) is 23.6 Å². The van der Waals surface area contributed by atoms with Crippen molar-refractivity contribution >= 4 is 0 Å². The minimum atomic E-state index is -0.645. The van der Waals surface area contributed by atoms with E-state index in [1.165, 1.54) is 5.56 Å². The number of hydrogen-bond donors (Lipinski definition) is 1. The third-order valence-corrected chi connectivity index (χ3v) is 3.57. The second-order valence-electron chi connectivity index (χ2n) is 5.77. The zero-order valence-corrected chi connectivity index (χ0v) is 12.6. The lowest BCUT2D eigenvalue weighted by Crippen LogP contribution is -2.35. The van der Waals surface area contributed by atoms with Crippen LogP contribution in [-0.4, -0.2) is 4.57 Å². The fourth-order valence-corrected chi connectivity index (χ4v) is 2.42. The van der Waals surface area contributed by atoms with Crippen LogP contribution in [0.15, 0.2) is 41.3 Å². The molecule has 3 heteroatoms. The van der Waals surface area contributed by atoms with Crippen molar-refractivity contribution in [1.29, 1.82) is 0 Å². The van der Waals surface area contributed by atoms with E-state index in [-0.39, 0.29) is 5.43 Å². The first-order chi connectivity index (χ1) is 9.34. The van der Waals surface area contributed by atoms with Gasteiger partial charge in [-0.3, -0.25) is 4.79 Å². The molecule has 2 rings (SSSR count). The van der Waals surface area contributed by atoms with Gasteiger partial charge in [-0.2, -0.15) is 0 Å². The number of aromatic nitrogens is 1. The third kappa shape index (κ3) is 2.68. The maximum Gasteiger partial charge on any atom is 0.186 e. The number of para-hydroxylation sites is 1. The molecule has 2 N–H and O–H groups in total. The highest BCUT2D eigenvalue weighted by molar-refractivity contribution is 5.43. The van der Waals surface area contributed by atoms with Crippen LogP contribution in [0.3, 0.4) is 0 Å². The molecule has 1 aromatic heterocycles. The summed E-state index contributed by atoms with van der Waals surface area (Å²) in [6.45, 7) is 7.79. The lowest BCUT2D eigenvalue weighted by atomic mass is 9.96. The van der Waals surface area contributed by atoms with E-state index in [1.54, 1.807) is 6.07 Å². The molecule has 0 fully saturated rings. The van der Waals surface area contributed by atoms with Crippen LogP contribution in [0.25, 0.3) is 5.69 Å². The summed E-state index contributed by atoms with van der Waals surface area (Å²) < 4.78 is 2.06. The smallest absolute Gasteiger partial charge is 0.186 e. The molecule has 2 aromatic rings. The van der Waals surface area contributed by atoms with E-state index >= 15 is 0 Å². The van der Waals surface area contributed by atoms with Crippen molar-refractivity contribution in [2.24, 2.45) is 5.73 Å². The van der Waals surface area contributed by atoms with E-state index in [0.717, 1.165) is 17.8 Å². The predicted octanol–water partition coefficient (Wildman–Crippen LogP) is 2.90. The third-order valence-electron chi connectivity index (χ3n) is 3.57. The molecule has 0 atom stereocenters. The molecule has 3 nitrogen and oxygen atoms in total. The number of nitrogens with zero attached hydrogens (tertiary/aromatic N) is 1. The van der Waals surface area contributed by atoms with Crippen LogP contribution in [0.1, 0.15) is 37.6 Å². The number of nitrogens with two attached hydrogens (primary N) is 1. The molecule has 106 valence electrons. The summed E-state index contributed by atoms with van der Waals surface area (Å²) in [5.74, 6) is 0. The summed E-state index contributed by atoms with van der Waals surface area (Å²) >= 11 is 0. The SMILES string of the molecule is CCc1ccccc1-n1cc(C(C)(C)N)c(=O)cc1C. The Balaban J connectivity index is 2.72. The minimum absolute atomic E-state index is 0.000213. The van der Waals surface area contributed by atoms with Crippen molar-refractivity contribution in [3.05, 3.63) is 63.6 Å². The molecule has 0 bridgehead atoms. The topological polar surface area (TPSA) is 48.0 Å².